The molecule has 1 heterocycles. The first-order valence-corrected chi connectivity index (χ1v) is 9.63. The van der Waals surface area contributed by atoms with Gasteiger partial charge in [-0.05, 0) is 30.3 Å². The molecule has 0 unspecified atom stereocenters. The molecular formula is C20H9Cl3F2N4O3. The van der Waals surface area contributed by atoms with E-state index >= 15 is 0 Å². The Kier molecular flexibility index (Phi) is 7.10. The van der Waals surface area contributed by atoms with Crippen molar-refractivity contribution < 1.29 is 23.1 Å². The van der Waals surface area contributed by atoms with Gasteiger partial charge in [0.2, 0.25) is 5.88 Å². The van der Waals surface area contributed by atoms with Gasteiger partial charge in [0.25, 0.3) is 5.91 Å². The van der Waals surface area contributed by atoms with E-state index in [4.69, 9.17) is 44.8 Å². The number of hydrogen-bond acceptors (Lipinski definition) is 5. The number of aromatic nitrogens is 1. The zero-order chi connectivity index (χ0) is 23.4. The normalized spacial score (nSPS) is 10.2. The van der Waals surface area contributed by atoms with Gasteiger partial charge in [-0.3, -0.25) is 10.1 Å². The maximum absolute atomic E-state index is 13.7. The Morgan fingerprint density at radius 3 is 2.22 bits per heavy atom. The van der Waals surface area contributed by atoms with Gasteiger partial charge in [0, 0.05) is 11.8 Å². The number of halogens is 5. The number of rotatable bonds is 4. The minimum absolute atomic E-state index is 0.00811. The molecule has 3 rings (SSSR count). The molecular weight excluding hydrogens is 489 g/mol. The van der Waals surface area contributed by atoms with Crippen LogP contribution in [-0.4, -0.2) is 16.9 Å². The summed E-state index contributed by atoms with van der Waals surface area (Å²) in [5.41, 5.74) is -0.708. The van der Waals surface area contributed by atoms with Crippen LogP contribution in [0.5, 0.6) is 11.6 Å². The van der Waals surface area contributed by atoms with E-state index in [9.17, 15) is 18.4 Å². The summed E-state index contributed by atoms with van der Waals surface area (Å²) < 4.78 is 32.8. The van der Waals surface area contributed by atoms with Gasteiger partial charge >= 0.3 is 6.03 Å². The summed E-state index contributed by atoms with van der Waals surface area (Å²) in [7, 11) is 0. The topological polar surface area (TPSA) is 104 Å². The molecule has 3 amide bonds. The van der Waals surface area contributed by atoms with Crippen molar-refractivity contribution in [3.05, 3.63) is 80.4 Å². The average molecular weight is 498 g/mol. The number of nitrogens with zero attached hydrogens (tertiary/aromatic N) is 2. The van der Waals surface area contributed by atoms with E-state index in [0.29, 0.717) is 0 Å². The molecule has 162 valence electrons. The van der Waals surface area contributed by atoms with Crippen LogP contribution in [-0.2, 0) is 0 Å². The SMILES string of the molecule is N#Cc1ccc(Oc2c(Cl)cc(NC(=O)NC(=O)c3c(F)cccc3F)cc2Cl)nc1Cl. The standard InChI is InChI=1S/C20H9Cl3F2N4O3/c21-11-6-10(27-20(31)29-19(30)16-13(24)2-1-3-14(16)25)7-12(22)17(11)32-15-5-4-9(8-26)18(23)28-15/h1-7H,(H2,27,29,30,31). The van der Waals surface area contributed by atoms with Crippen LogP contribution in [0.15, 0.2) is 42.5 Å². The van der Waals surface area contributed by atoms with E-state index in [1.54, 1.807) is 5.32 Å². The van der Waals surface area contributed by atoms with Gasteiger partial charge in [0.1, 0.15) is 23.3 Å². The third kappa shape index (κ3) is 5.23. The van der Waals surface area contributed by atoms with E-state index in [1.165, 1.54) is 24.3 Å². The van der Waals surface area contributed by atoms with Gasteiger partial charge in [0.15, 0.2) is 10.9 Å². The molecule has 0 aliphatic carbocycles. The highest BCUT2D eigenvalue weighted by atomic mass is 35.5. The summed E-state index contributed by atoms with van der Waals surface area (Å²) in [4.78, 5) is 27.9. The molecule has 0 spiro atoms. The summed E-state index contributed by atoms with van der Waals surface area (Å²) in [6.45, 7) is 0. The van der Waals surface area contributed by atoms with Crippen molar-refractivity contribution in [3.8, 4) is 17.7 Å². The number of carbonyl (C=O) groups is 2. The molecule has 12 heteroatoms. The monoisotopic (exact) mass is 496 g/mol. The molecule has 0 aliphatic rings. The Morgan fingerprint density at radius 1 is 1.03 bits per heavy atom. The van der Waals surface area contributed by atoms with Crippen molar-refractivity contribution in [3.63, 3.8) is 0 Å². The third-order valence-corrected chi connectivity index (χ3v) is 4.67. The molecule has 2 N–H and O–H groups in total. The van der Waals surface area contributed by atoms with Gasteiger partial charge in [-0.25, -0.2) is 13.6 Å². The molecule has 0 aliphatic heterocycles. The number of nitriles is 1. The largest absolute Gasteiger partial charge is 0.436 e. The lowest BCUT2D eigenvalue weighted by Gasteiger charge is -2.12. The Labute approximate surface area is 194 Å². The van der Waals surface area contributed by atoms with Crippen LogP contribution in [0.1, 0.15) is 15.9 Å². The highest BCUT2D eigenvalue weighted by molar-refractivity contribution is 6.37. The zero-order valence-electron chi connectivity index (χ0n) is 15.6. The fourth-order valence-corrected chi connectivity index (χ4v) is 3.19. The highest BCUT2D eigenvalue weighted by Crippen LogP contribution is 2.38. The number of ether oxygens (including phenoxy) is 1. The van der Waals surface area contributed by atoms with Crippen molar-refractivity contribution in [2.24, 2.45) is 0 Å². The highest BCUT2D eigenvalue weighted by Gasteiger charge is 2.20. The van der Waals surface area contributed by atoms with Crippen molar-refractivity contribution in [2.75, 3.05) is 5.32 Å². The van der Waals surface area contributed by atoms with Crippen molar-refractivity contribution in [1.82, 2.24) is 10.3 Å². The molecule has 3 aromatic rings. The summed E-state index contributed by atoms with van der Waals surface area (Å²) in [6, 6.07) is 8.88. The first kappa shape index (κ1) is 23.2. The number of imide groups is 1. The first-order valence-electron chi connectivity index (χ1n) is 8.49. The Hall–Kier alpha value is -3.45. The van der Waals surface area contributed by atoms with Crippen LogP contribution >= 0.6 is 34.8 Å². The van der Waals surface area contributed by atoms with Crippen LogP contribution in [0.4, 0.5) is 19.3 Å². The van der Waals surface area contributed by atoms with Gasteiger partial charge in [-0.2, -0.15) is 10.2 Å². The Bertz CT molecular complexity index is 1240. The Morgan fingerprint density at radius 2 is 1.66 bits per heavy atom. The number of benzene rings is 2. The average Bonchev–Trinajstić information content (AvgIpc) is 2.70. The fraction of sp³-hybridized carbons (Fsp3) is 0. The number of amides is 3. The molecule has 7 nitrogen and oxygen atoms in total. The molecule has 32 heavy (non-hydrogen) atoms. The lowest BCUT2D eigenvalue weighted by molar-refractivity contribution is 0.0959. The van der Waals surface area contributed by atoms with E-state index in [1.807, 2.05) is 6.07 Å². The second kappa shape index (κ2) is 9.78. The quantitative estimate of drug-likeness (QED) is 0.434. The summed E-state index contributed by atoms with van der Waals surface area (Å²) >= 11 is 18.2. The van der Waals surface area contributed by atoms with Gasteiger partial charge in [0.05, 0.1) is 15.6 Å². The predicted molar refractivity (Wildman–Crippen MR) is 113 cm³/mol. The number of nitrogens with one attached hydrogen (secondary N) is 2. The van der Waals surface area contributed by atoms with Gasteiger partial charge < -0.3 is 10.1 Å². The van der Waals surface area contributed by atoms with Gasteiger partial charge in [-0.15, -0.1) is 0 Å². The molecule has 2 aromatic carbocycles. The van der Waals surface area contributed by atoms with Crippen LogP contribution < -0.4 is 15.4 Å². The van der Waals surface area contributed by atoms with E-state index < -0.39 is 29.1 Å². The first-order chi connectivity index (χ1) is 15.2. The van der Waals surface area contributed by atoms with E-state index in [2.05, 4.69) is 10.3 Å². The number of hydrogen-bond donors (Lipinski definition) is 2. The lowest BCUT2D eigenvalue weighted by Crippen LogP contribution is -2.35. The predicted octanol–water partition coefficient (Wildman–Crippen LogP) is 5.95. The summed E-state index contributed by atoms with van der Waals surface area (Å²) in [5, 5.41) is 12.8. The summed E-state index contributed by atoms with van der Waals surface area (Å²) in [6.07, 6.45) is 0. The van der Waals surface area contributed by atoms with Crippen LogP contribution in [0.25, 0.3) is 0 Å². The molecule has 0 saturated carbocycles. The molecule has 0 radical (unpaired) electrons. The number of anilines is 1. The molecule has 0 saturated heterocycles. The second-order valence-corrected chi connectivity index (χ2v) is 7.15. The van der Waals surface area contributed by atoms with Gasteiger partial charge in [-0.1, -0.05) is 40.9 Å². The zero-order valence-corrected chi connectivity index (χ0v) is 17.8. The molecule has 0 fully saturated rings. The lowest BCUT2D eigenvalue weighted by atomic mass is 10.2. The third-order valence-electron chi connectivity index (χ3n) is 3.82. The molecule has 1 aromatic heterocycles. The van der Waals surface area contributed by atoms with Crippen LogP contribution in [0.3, 0.4) is 0 Å². The van der Waals surface area contributed by atoms with Crippen molar-refractivity contribution in [2.45, 2.75) is 0 Å². The summed E-state index contributed by atoms with van der Waals surface area (Å²) in [5.74, 6) is -3.54. The molecule has 0 bridgehead atoms. The van der Waals surface area contributed by atoms with Crippen LogP contribution in [0, 0.1) is 23.0 Å². The van der Waals surface area contributed by atoms with Crippen molar-refractivity contribution >= 4 is 52.4 Å². The van der Waals surface area contributed by atoms with E-state index in [-0.39, 0.29) is 38.1 Å². The molecule has 0 atom stereocenters. The number of pyridine rings is 1. The maximum Gasteiger partial charge on any atom is 0.326 e. The number of carbonyl (C=O) groups excluding carboxylic acids is 2. The van der Waals surface area contributed by atoms with Crippen molar-refractivity contribution in [1.29, 1.82) is 5.26 Å². The maximum atomic E-state index is 13.7. The number of urea groups is 1. The van der Waals surface area contributed by atoms with Crippen LogP contribution in [0.2, 0.25) is 15.2 Å². The second-order valence-electron chi connectivity index (χ2n) is 5.98. The van der Waals surface area contributed by atoms with E-state index in [0.717, 1.165) is 18.2 Å². The smallest absolute Gasteiger partial charge is 0.326 e. The minimum Gasteiger partial charge on any atom is -0.436 e. The Balaban J connectivity index is 1.73. The fourth-order valence-electron chi connectivity index (χ4n) is 2.43. The minimum atomic E-state index is -1.28.